The fraction of sp³-hybridized carbons (Fsp3) is 0. The summed E-state index contributed by atoms with van der Waals surface area (Å²) in [6.07, 6.45) is 0. The van der Waals surface area contributed by atoms with E-state index in [1.54, 1.807) is 12.1 Å². The van der Waals surface area contributed by atoms with Crippen LogP contribution in [0, 0.1) is 0 Å². The Labute approximate surface area is 170 Å². The van der Waals surface area contributed by atoms with Crippen molar-refractivity contribution in [2.24, 2.45) is 0 Å². The third kappa shape index (κ3) is 2.61. The molecule has 0 spiro atoms. The number of halogens is 1. The maximum Gasteiger partial charge on any atom is 0.357 e. The van der Waals surface area contributed by atoms with Crippen molar-refractivity contribution in [1.29, 1.82) is 0 Å². The number of hydrogen-bond acceptors (Lipinski definition) is 4. The molecule has 7 heteroatoms. The van der Waals surface area contributed by atoms with Gasteiger partial charge in [-0.1, -0.05) is 17.7 Å². The minimum atomic E-state index is -2.36. The maximum absolute atomic E-state index is 10.9. The molecule has 0 aliphatic heterocycles. The predicted molar refractivity (Wildman–Crippen MR) is 115 cm³/mol. The minimum absolute atomic E-state index is 0.316. The molecule has 6 rings (SSSR count). The molecule has 1 atom stereocenters. The Hall–Kier alpha value is -3.06. The Morgan fingerprint density at radius 2 is 1.38 bits per heavy atom. The van der Waals surface area contributed by atoms with E-state index in [4.69, 9.17) is 29.2 Å². The van der Waals surface area contributed by atoms with E-state index >= 15 is 0 Å². The van der Waals surface area contributed by atoms with Gasteiger partial charge >= 0.3 is 11.4 Å². The lowest BCUT2D eigenvalue weighted by molar-refractivity contribution is 0.458. The number of furan rings is 2. The van der Waals surface area contributed by atoms with Crippen molar-refractivity contribution in [3.05, 3.63) is 65.7 Å². The van der Waals surface area contributed by atoms with Gasteiger partial charge < -0.3 is 13.0 Å². The Kier molecular flexibility index (Phi) is 3.47. The molecule has 2 heterocycles. The average molecular weight is 423 g/mol. The molecule has 6 aromatic rings. The van der Waals surface area contributed by atoms with Gasteiger partial charge in [0.2, 0.25) is 0 Å². The van der Waals surface area contributed by atoms with Crippen LogP contribution in [0.1, 0.15) is 0 Å². The van der Waals surface area contributed by atoms with Crippen LogP contribution in [0.5, 0.6) is 5.75 Å². The van der Waals surface area contributed by atoms with Crippen LogP contribution in [-0.4, -0.2) is 8.76 Å². The second-order valence-electron chi connectivity index (χ2n) is 6.85. The molecule has 2 aromatic heterocycles. The van der Waals surface area contributed by atoms with E-state index in [1.165, 1.54) is 0 Å². The first kappa shape index (κ1) is 16.9. The first-order valence-corrected chi connectivity index (χ1v) is 10.2. The van der Waals surface area contributed by atoms with Crippen LogP contribution in [-0.2, 0) is 11.4 Å². The van der Waals surface area contributed by atoms with Crippen molar-refractivity contribution in [1.82, 2.24) is 0 Å². The zero-order valence-corrected chi connectivity index (χ0v) is 16.2. The van der Waals surface area contributed by atoms with Gasteiger partial charge in [-0.2, -0.15) is 4.21 Å². The monoisotopic (exact) mass is 422 g/mol. The molecule has 1 N–H and O–H groups in total. The lowest BCUT2D eigenvalue weighted by atomic mass is 10.0. The molecule has 4 aromatic carbocycles. The van der Waals surface area contributed by atoms with Crippen molar-refractivity contribution in [3.63, 3.8) is 0 Å². The number of benzene rings is 4. The zero-order valence-electron chi connectivity index (χ0n) is 14.6. The lowest BCUT2D eigenvalue weighted by Gasteiger charge is -2.02. The molecular weight excluding hydrogens is 412 g/mol. The third-order valence-electron chi connectivity index (χ3n) is 5.12. The summed E-state index contributed by atoms with van der Waals surface area (Å²) >= 11 is 3.72. The molecule has 0 aliphatic rings. The molecular formula is C22H11ClO5S. The molecule has 5 nitrogen and oxygen atoms in total. The highest BCUT2D eigenvalue weighted by molar-refractivity contribution is 7.74. The fourth-order valence-electron chi connectivity index (χ4n) is 3.87. The number of rotatable bonds is 2. The smallest absolute Gasteiger partial charge is 0.357 e. The maximum atomic E-state index is 10.9. The Morgan fingerprint density at radius 3 is 2.14 bits per heavy atom. The molecule has 0 radical (unpaired) electrons. The molecule has 0 saturated heterocycles. The van der Waals surface area contributed by atoms with Gasteiger partial charge in [-0.25, -0.2) is 0 Å². The van der Waals surface area contributed by atoms with E-state index in [0.717, 1.165) is 54.6 Å². The van der Waals surface area contributed by atoms with E-state index in [0.29, 0.717) is 10.8 Å². The van der Waals surface area contributed by atoms with Gasteiger partial charge in [0.25, 0.3) is 0 Å². The van der Waals surface area contributed by atoms with E-state index in [-0.39, 0.29) is 0 Å². The van der Waals surface area contributed by atoms with Crippen LogP contribution in [0.2, 0.25) is 5.02 Å². The van der Waals surface area contributed by atoms with Crippen molar-refractivity contribution >= 4 is 77.6 Å². The van der Waals surface area contributed by atoms with Crippen molar-refractivity contribution in [2.75, 3.05) is 0 Å². The van der Waals surface area contributed by atoms with E-state index in [1.807, 2.05) is 48.5 Å². The van der Waals surface area contributed by atoms with Gasteiger partial charge in [-0.05, 0) is 59.3 Å². The summed E-state index contributed by atoms with van der Waals surface area (Å²) in [4.78, 5) is 0. The topological polar surface area (TPSA) is 72.8 Å². The summed E-state index contributed by atoms with van der Waals surface area (Å²) in [6, 6.07) is 18.7. The van der Waals surface area contributed by atoms with Crippen molar-refractivity contribution < 1.29 is 21.8 Å². The van der Waals surface area contributed by atoms with Gasteiger partial charge in [-0.15, -0.1) is 0 Å². The predicted octanol–water partition coefficient (Wildman–Crippen LogP) is 6.81. The molecule has 0 aliphatic carbocycles. The second-order valence-corrected chi connectivity index (χ2v) is 7.88. The Balaban J connectivity index is 1.63. The van der Waals surface area contributed by atoms with Crippen molar-refractivity contribution in [3.8, 4) is 5.75 Å². The van der Waals surface area contributed by atoms with Crippen LogP contribution in [0.4, 0.5) is 0 Å². The molecule has 0 saturated carbocycles. The highest BCUT2D eigenvalue weighted by Crippen LogP contribution is 2.38. The van der Waals surface area contributed by atoms with Crippen LogP contribution in [0.15, 0.2) is 69.5 Å². The second kappa shape index (κ2) is 5.97. The van der Waals surface area contributed by atoms with Gasteiger partial charge in [-0.3, -0.25) is 4.55 Å². The van der Waals surface area contributed by atoms with Gasteiger partial charge in [0.1, 0.15) is 28.1 Å². The summed E-state index contributed by atoms with van der Waals surface area (Å²) in [5.41, 5.74) is 2.98. The highest BCUT2D eigenvalue weighted by Gasteiger charge is 2.14. The number of fused-ring (bicyclic) bond motifs is 7. The Morgan fingerprint density at radius 1 is 0.724 bits per heavy atom. The van der Waals surface area contributed by atoms with Crippen LogP contribution in [0.3, 0.4) is 0 Å². The summed E-state index contributed by atoms with van der Waals surface area (Å²) < 4.78 is 36.8. The Bertz CT molecular complexity index is 1630. The molecule has 0 bridgehead atoms. The van der Waals surface area contributed by atoms with Crippen LogP contribution in [0.25, 0.3) is 54.6 Å². The highest BCUT2D eigenvalue weighted by atomic mass is 35.5. The summed E-state index contributed by atoms with van der Waals surface area (Å²) in [5, 5.41) is 6.31. The third-order valence-corrected chi connectivity index (χ3v) is 5.69. The standard InChI is InChI=1S/C22H11ClO5S/c23-13-2-4-15-17-9-22-18(10-21(17)27-20(15)8-13)16-6-11-1-3-14(28-29(24)25)5-12(11)7-19(16)26-22/h1-10H,(H,24,25). The average Bonchev–Trinajstić information content (AvgIpc) is 3.20. The molecule has 1 unspecified atom stereocenters. The molecule has 29 heavy (non-hydrogen) atoms. The van der Waals surface area contributed by atoms with Gasteiger partial charge in [0.05, 0.1) is 0 Å². The quantitative estimate of drug-likeness (QED) is 0.310. The van der Waals surface area contributed by atoms with E-state index in [2.05, 4.69) is 0 Å². The first-order valence-electron chi connectivity index (χ1n) is 8.76. The van der Waals surface area contributed by atoms with Crippen LogP contribution >= 0.6 is 11.6 Å². The van der Waals surface area contributed by atoms with E-state index in [9.17, 15) is 4.21 Å². The summed E-state index contributed by atoms with van der Waals surface area (Å²) in [5.74, 6) is 0.316. The normalized spacial score (nSPS) is 13.2. The van der Waals surface area contributed by atoms with Gasteiger partial charge in [0.15, 0.2) is 0 Å². The molecule has 142 valence electrons. The van der Waals surface area contributed by atoms with Crippen LogP contribution < -0.4 is 4.18 Å². The number of hydrogen-bond donors (Lipinski definition) is 1. The van der Waals surface area contributed by atoms with Crippen molar-refractivity contribution in [2.45, 2.75) is 0 Å². The molecule has 0 amide bonds. The first-order chi connectivity index (χ1) is 14.0. The largest absolute Gasteiger partial charge is 0.456 e. The lowest BCUT2D eigenvalue weighted by Crippen LogP contribution is -1.96. The fourth-order valence-corrected chi connectivity index (χ4v) is 4.30. The van der Waals surface area contributed by atoms with E-state index < -0.39 is 11.4 Å². The molecule has 0 fully saturated rings. The summed E-state index contributed by atoms with van der Waals surface area (Å²) in [7, 11) is 0. The minimum Gasteiger partial charge on any atom is -0.456 e. The summed E-state index contributed by atoms with van der Waals surface area (Å²) in [6.45, 7) is 0. The SMILES string of the molecule is O=S(O)Oc1ccc2cc3c(cc2c1)oc1cc2c(cc13)oc1cc(Cl)ccc12. The zero-order chi connectivity index (χ0) is 19.7. The van der Waals surface area contributed by atoms with Gasteiger partial charge in [0, 0.05) is 32.6 Å².